The van der Waals surface area contributed by atoms with Crippen molar-refractivity contribution in [1.82, 2.24) is 4.98 Å². The zero-order chi connectivity index (χ0) is 33.6. The van der Waals surface area contributed by atoms with E-state index in [0.29, 0.717) is 5.56 Å². The Morgan fingerprint density at radius 2 is 1.35 bits per heavy atom. The molecule has 8 aromatic rings. The molecule has 3 aliphatic rings. The van der Waals surface area contributed by atoms with E-state index in [9.17, 15) is 5.26 Å². The first-order valence-electron chi connectivity index (χ1n) is 17.4. The maximum absolute atomic E-state index is 9.44. The van der Waals surface area contributed by atoms with Gasteiger partial charge in [0.1, 0.15) is 11.5 Å². The number of allylic oxidation sites excluding steroid dienone is 7. The Balaban J connectivity index is 0.997. The fourth-order valence-corrected chi connectivity index (χ4v) is 8.79. The molecule has 2 atom stereocenters. The van der Waals surface area contributed by atoms with Crippen LogP contribution in [-0.4, -0.2) is 4.98 Å². The van der Waals surface area contributed by atoms with Crippen molar-refractivity contribution in [3.05, 3.63) is 186 Å². The highest BCUT2D eigenvalue weighted by molar-refractivity contribution is 6.27. The average molecular weight is 649 g/mol. The summed E-state index contributed by atoms with van der Waals surface area (Å²) in [6, 6.07) is 44.0. The minimum Gasteiger partial charge on any atom is -0.461 e. The van der Waals surface area contributed by atoms with E-state index in [1.165, 1.54) is 76.5 Å². The number of benzene rings is 7. The van der Waals surface area contributed by atoms with Crippen LogP contribution in [0.1, 0.15) is 22.6 Å². The van der Waals surface area contributed by atoms with Crippen LogP contribution in [0.5, 0.6) is 5.75 Å². The standard InChI is InChI=1S/C48H28N2O/c49-26-28-6-15-39-43-21-20-37(40-4-1-5-44(48(40)43)51-45(39)23-28)34-10-8-31-24-33(9-7-32(31)25-34)36-16-11-29-14-19-42-38(35-3-2-22-50-27-35)17-12-30-13-18-41(36)46(29)47(30)42/h1-25,27,43,48H. The van der Waals surface area contributed by atoms with Crippen LogP contribution < -0.4 is 4.74 Å². The summed E-state index contributed by atoms with van der Waals surface area (Å²) in [6.07, 6.45) is 14.8. The molecular weight excluding hydrogens is 621 g/mol. The molecule has 11 rings (SSSR count). The summed E-state index contributed by atoms with van der Waals surface area (Å²) in [5.41, 5.74) is 10.2. The zero-order valence-corrected chi connectivity index (χ0v) is 27.5. The van der Waals surface area contributed by atoms with Gasteiger partial charge in [0.15, 0.2) is 0 Å². The lowest BCUT2D eigenvalue weighted by Crippen LogP contribution is -2.28. The largest absolute Gasteiger partial charge is 0.461 e. The van der Waals surface area contributed by atoms with Crippen LogP contribution in [0.15, 0.2) is 169 Å². The summed E-state index contributed by atoms with van der Waals surface area (Å²) in [5.74, 6) is 2.01. The van der Waals surface area contributed by atoms with E-state index in [1.54, 1.807) is 0 Å². The number of hydrogen-bond donors (Lipinski definition) is 0. The molecule has 3 heteroatoms. The van der Waals surface area contributed by atoms with Crippen molar-refractivity contribution in [2.45, 2.75) is 5.92 Å². The van der Waals surface area contributed by atoms with Gasteiger partial charge in [0, 0.05) is 29.4 Å². The van der Waals surface area contributed by atoms with Gasteiger partial charge in [0.2, 0.25) is 0 Å². The lowest BCUT2D eigenvalue weighted by atomic mass is 9.70. The number of ether oxygens (including phenoxy) is 1. The third-order valence-corrected chi connectivity index (χ3v) is 11.1. The monoisotopic (exact) mass is 648 g/mol. The summed E-state index contributed by atoms with van der Waals surface area (Å²) < 4.78 is 6.41. The molecule has 0 bridgehead atoms. The van der Waals surface area contributed by atoms with Gasteiger partial charge in [-0.1, -0.05) is 109 Å². The summed E-state index contributed by atoms with van der Waals surface area (Å²) >= 11 is 0. The number of nitriles is 1. The Labute approximate surface area is 294 Å². The average Bonchev–Trinajstić information content (AvgIpc) is 3.19. The van der Waals surface area contributed by atoms with Gasteiger partial charge in [0.05, 0.1) is 17.6 Å². The van der Waals surface area contributed by atoms with Crippen LogP contribution in [0.2, 0.25) is 0 Å². The van der Waals surface area contributed by atoms with E-state index in [0.717, 1.165) is 22.6 Å². The first-order chi connectivity index (χ1) is 25.2. The highest BCUT2D eigenvalue weighted by Gasteiger charge is 2.39. The maximum Gasteiger partial charge on any atom is 0.132 e. The minimum absolute atomic E-state index is 0.114. The molecule has 0 saturated carbocycles. The van der Waals surface area contributed by atoms with Gasteiger partial charge in [0.25, 0.3) is 0 Å². The minimum atomic E-state index is 0.114. The van der Waals surface area contributed by atoms with Crippen molar-refractivity contribution in [3.63, 3.8) is 0 Å². The third-order valence-electron chi connectivity index (χ3n) is 11.1. The number of aromatic nitrogens is 1. The van der Waals surface area contributed by atoms with Gasteiger partial charge < -0.3 is 4.74 Å². The number of fused-ring (bicyclic) bond motifs is 3. The van der Waals surface area contributed by atoms with Crippen LogP contribution in [0, 0.1) is 17.2 Å². The SMILES string of the molecule is N#Cc1ccc2c(c1)OC1=CC=CC3=C(c4ccc5cc(-c6ccc7ccc8c(-c9cccnc9)ccc9ccc6c7c98)ccc5c4)C=CC2C13. The second-order valence-corrected chi connectivity index (χ2v) is 13.8. The normalized spacial score (nSPS) is 17.4. The number of rotatable bonds is 3. The molecule has 51 heavy (non-hydrogen) atoms. The van der Waals surface area contributed by atoms with Crippen LogP contribution >= 0.6 is 0 Å². The van der Waals surface area contributed by atoms with Gasteiger partial charge in [-0.3, -0.25) is 4.98 Å². The van der Waals surface area contributed by atoms with Crippen molar-refractivity contribution >= 4 is 48.7 Å². The smallest absolute Gasteiger partial charge is 0.132 e. The van der Waals surface area contributed by atoms with Gasteiger partial charge >= 0.3 is 0 Å². The van der Waals surface area contributed by atoms with E-state index in [-0.39, 0.29) is 11.8 Å². The summed E-state index contributed by atoms with van der Waals surface area (Å²) in [6.45, 7) is 0. The molecule has 3 nitrogen and oxygen atoms in total. The number of pyridine rings is 1. The van der Waals surface area contributed by atoms with Crippen LogP contribution in [0.4, 0.5) is 0 Å². The van der Waals surface area contributed by atoms with E-state index in [1.807, 2.05) is 30.6 Å². The zero-order valence-electron chi connectivity index (χ0n) is 27.5. The molecular formula is C48H28N2O. The topological polar surface area (TPSA) is 45.9 Å². The molecule has 2 unspecified atom stereocenters. The van der Waals surface area contributed by atoms with Crippen molar-refractivity contribution in [1.29, 1.82) is 5.26 Å². The molecule has 0 saturated heterocycles. The van der Waals surface area contributed by atoms with Crippen LogP contribution in [0.25, 0.3) is 70.9 Å². The Kier molecular flexibility index (Phi) is 5.85. The summed E-state index contributed by atoms with van der Waals surface area (Å²) in [5, 5.41) is 19.5. The van der Waals surface area contributed by atoms with Crippen molar-refractivity contribution < 1.29 is 4.74 Å². The molecule has 1 aromatic heterocycles. The molecule has 0 N–H and O–H groups in total. The quantitative estimate of drug-likeness (QED) is 0.179. The highest BCUT2D eigenvalue weighted by Crippen LogP contribution is 2.52. The van der Waals surface area contributed by atoms with Gasteiger partial charge in [-0.15, -0.1) is 0 Å². The first-order valence-corrected chi connectivity index (χ1v) is 17.4. The van der Waals surface area contributed by atoms with E-state index >= 15 is 0 Å². The molecule has 7 aromatic carbocycles. The van der Waals surface area contributed by atoms with Crippen LogP contribution in [-0.2, 0) is 0 Å². The Hall–Kier alpha value is -6.76. The van der Waals surface area contributed by atoms with Crippen LogP contribution in [0.3, 0.4) is 0 Å². The molecule has 1 aliphatic heterocycles. The van der Waals surface area contributed by atoms with Crippen molar-refractivity contribution in [3.8, 4) is 34.1 Å². The van der Waals surface area contributed by atoms with E-state index < -0.39 is 0 Å². The summed E-state index contributed by atoms with van der Waals surface area (Å²) in [4.78, 5) is 4.40. The molecule has 0 amide bonds. The Bertz CT molecular complexity index is 2960. The molecule has 0 fully saturated rings. The van der Waals surface area contributed by atoms with Gasteiger partial charge in [-0.05, 0) is 113 Å². The molecule has 0 spiro atoms. The predicted molar refractivity (Wildman–Crippen MR) is 208 cm³/mol. The fraction of sp³-hybridized carbons (Fsp3) is 0.0417. The van der Waals surface area contributed by atoms with Crippen molar-refractivity contribution in [2.75, 3.05) is 0 Å². The molecule has 0 radical (unpaired) electrons. The lowest BCUT2D eigenvalue weighted by Gasteiger charge is -2.39. The molecule has 236 valence electrons. The first kappa shape index (κ1) is 28.1. The Morgan fingerprint density at radius 3 is 2.10 bits per heavy atom. The maximum atomic E-state index is 9.44. The summed E-state index contributed by atoms with van der Waals surface area (Å²) in [7, 11) is 0. The lowest BCUT2D eigenvalue weighted by molar-refractivity contribution is 0.320. The Morgan fingerprint density at radius 1 is 0.647 bits per heavy atom. The molecule has 2 aliphatic carbocycles. The third kappa shape index (κ3) is 4.14. The second kappa shape index (κ2) is 10.6. The van der Waals surface area contributed by atoms with E-state index in [2.05, 4.69) is 138 Å². The number of hydrogen-bond acceptors (Lipinski definition) is 3. The fourth-order valence-electron chi connectivity index (χ4n) is 8.79. The number of nitrogens with zero attached hydrogens (tertiary/aromatic N) is 2. The second-order valence-electron chi connectivity index (χ2n) is 13.8. The van der Waals surface area contributed by atoms with Crippen molar-refractivity contribution in [2.24, 2.45) is 5.92 Å². The molecule has 2 heterocycles. The van der Waals surface area contributed by atoms with E-state index in [4.69, 9.17) is 4.74 Å². The predicted octanol–water partition coefficient (Wildman–Crippen LogP) is 11.9. The van der Waals surface area contributed by atoms with Gasteiger partial charge in [-0.2, -0.15) is 5.26 Å². The van der Waals surface area contributed by atoms with Gasteiger partial charge in [-0.25, -0.2) is 0 Å². The highest BCUT2D eigenvalue weighted by atomic mass is 16.5.